The van der Waals surface area contributed by atoms with E-state index in [1.807, 2.05) is 0 Å². The summed E-state index contributed by atoms with van der Waals surface area (Å²) in [6, 6.07) is 0.326. The van der Waals surface area contributed by atoms with Gasteiger partial charge in [-0.15, -0.1) is 0 Å². The van der Waals surface area contributed by atoms with Crippen LogP contribution in [0.25, 0.3) is 0 Å². The Bertz CT molecular complexity index is 703. The van der Waals surface area contributed by atoms with Crippen molar-refractivity contribution >= 4 is 17.5 Å². The van der Waals surface area contributed by atoms with Gasteiger partial charge in [-0.1, -0.05) is 36.9 Å². The van der Waals surface area contributed by atoms with Crippen LogP contribution >= 0.6 is 11.6 Å². The average molecular weight is 496 g/mol. The van der Waals surface area contributed by atoms with Crippen LogP contribution < -0.4 is 27.4 Å². The number of hydrogen-bond donors (Lipinski definition) is 5. The van der Waals surface area contributed by atoms with Gasteiger partial charge in [0.2, 0.25) is 5.91 Å². The second-order valence-corrected chi connectivity index (χ2v) is 11.7. The zero-order valence-corrected chi connectivity index (χ0v) is 21.7. The third-order valence-electron chi connectivity index (χ3n) is 8.79. The van der Waals surface area contributed by atoms with Crippen molar-refractivity contribution < 1.29 is 4.79 Å². The fraction of sp³-hybridized carbons (Fsp3) is 0.880. The molecular weight excluding hydrogens is 450 g/mol. The summed E-state index contributed by atoms with van der Waals surface area (Å²) in [5.41, 5.74) is 12.8. The quantitative estimate of drug-likeness (QED) is 0.358. The first-order valence-corrected chi connectivity index (χ1v) is 13.8. The van der Waals surface area contributed by atoms with E-state index in [0.29, 0.717) is 12.6 Å². The van der Waals surface area contributed by atoms with Gasteiger partial charge in [-0.25, -0.2) is 0 Å². The number of carbonyl (C=O) groups is 1. The second kappa shape index (κ2) is 12.0. The number of piperazine rings is 1. The summed E-state index contributed by atoms with van der Waals surface area (Å²) in [5.74, 6) is -0.511. The summed E-state index contributed by atoms with van der Waals surface area (Å²) in [6.45, 7) is 6.57. The molecule has 7 N–H and O–H groups in total. The topological polar surface area (TPSA) is 112 Å². The minimum absolute atomic E-state index is 0.0213. The standard InChI is InChI=1S/C25H46ClN7O/c1-32-11-13-33(14-12-32)21-6-10-29-17-20(21)31-24(34)22(23(27)28)19-15-25(7-3-2-4-8-25)9-5-18(26)16-30-19/h5,19-23,29-30H,2-4,6-17,27-28H2,1H3,(H,31,34)/b18-5+. The van der Waals surface area contributed by atoms with Crippen molar-refractivity contribution in [2.24, 2.45) is 22.8 Å². The molecule has 4 unspecified atom stereocenters. The number of nitrogens with two attached hydrogens (primary N) is 2. The van der Waals surface area contributed by atoms with Crippen LogP contribution in [0.4, 0.5) is 0 Å². The molecule has 3 heterocycles. The molecule has 0 aromatic rings. The van der Waals surface area contributed by atoms with Crippen molar-refractivity contribution in [3.05, 3.63) is 11.1 Å². The van der Waals surface area contributed by atoms with E-state index in [1.165, 1.54) is 32.1 Å². The molecule has 9 heteroatoms. The number of carbonyl (C=O) groups excluding carboxylic acids is 1. The van der Waals surface area contributed by atoms with E-state index in [1.54, 1.807) is 0 Å². The lowest BCUT2D eigenvalue weighted by Gasteiger charge is -2.45. The van der Waals surface area contributed by atoms with Gasteiger partial charge in [0.25, 0.3) is 0 Å². The molecule has 194 valence electrons. The Hall–Kier alpha value is -0.740. The molecule has 8 nitrogen and oxygen atoms in total. The third kappa shape index (κ3) is 6.52. The highest BCUT2D eigenvalue weighted by Crippen LogP contribution is 2.45. The summed E-state index contributed by atoms with van der Waals surface area (Å²) in [7, 11) is 2.18. The van der Waals surface area contributed by atoms with Crippen molar-refractivity contribution in [2.45, 2.75) is 75.7 Å². The summed E-state index contributed by atoms with van der Waals surface area (Å²) in [6.07, 6.45) is 10.5. The van der Waals surface area contributed by atoms with Crippen LogP contribution in [0.2, 0.25) is 0 Å². The van der Waals surface area contributed by atoms with E-state index >= 15 is 0 Å². The molecule has 4 aliphatic rings. The molecule has 0 aromatic heterocycles. The van der Waals surface area contributed by atoms with Crippen LogP contribution in [-0.2, 0) is 4.79 Å². The highest BCUT2D eigenvalue weighted by Gasteiger charge is 2.42. The smallest absolute Gasteiger partial charge is 0.227 e. The van der Waals surface area contributed by atoms with E-state index in [4.69, 9.17) is 23.1 Å². The predicted octanol–water partition coefficient (Wildman–Crippen LogP) is 0.765. The maximum absolute atomic E-state index is 13.8. The summed E-state index contributed by atoms with van der Waals surface area (Å²) in [5, 5.41) is 11.3. The minimum atomic E-state index is -0.723. The Balaban J connectivity index is 1.48. The van der Waals surface area contributed by atoms with Crippen molar-refractivity contribution in [3.63, 3.8) is 0 Å². The van der Waals surface area contributed by atoms with Crippen LogP contribution in [0, 0.1) is 11.3 Å². The average Bonchev–Trinajstić information content (AvgIpc) is 2.82. The van der Waals surface area contributed by atoms with Crippen LogP contribution in [0.3, 0.4) is 0 Å². The van der Waals surface area contributed by atoms with Crippen molar-refractivity contribution in [1.82, 2.24) is 25.8 Å². The highest BCUT2D eigenvalue weighted by atomic mass is 35.5. The van der Waals surface area contributed by atoms with Gasteiger partial charge in [0.15, 0.2) is 0 Å². The van der Waals surface area contributed by atoms with Gasteiger partial charge < -0.3 is 32.3 Å². The van der Waals surface area contributed by atoms with Gasteiger partial charge in [-0.2, -0.15) is 0 Å². The SMILES string of the molecule is CN1CCN(C2CCNCC2NC(=O)C(C(N)N)C2CC3(C/C=C(/Cl)CN2)CCCCC3)CC1. The molecule has 3 fully saturated rings. The number of allylic oxidation sites excluding steroid dienone is 1. The van der Waals surface area contributed by atoms with Crippen molar-refractivity contribution in [3.8, 4) is 0 Å². The zero-order valence-electron chi connectivity index (χ0n) is 20.9. The van der Waals surface area contributed by atoms with Crippen molar-refractivity contribution in [2.75, 3.05) is 52.9 Å². The lowest BCUT2D eigenvalue weighted by Crippen LogP contribution is -2.65. The number of amides is 1. The maximum Gasteiger partial charge on any atom is 0.227 e. The first-order chi connectivity index (χ1) is 16.4. The van der Waals surface area contributed by atoms with Gasteiger partial charge >= 0.3 is 0 Å². The molecule has 1 saturated carbocycles. The summed E-state index contributed by atoms with van der Waals surface area (Å²) < 4.78 is 0. The number of nitrogens with one attached hydrogen (secondary N) is 3. The van der Waals surface area contributed by atoms with Gasteiger partial charge in [0.05, 0.1) is 18.1 Å². The predicted molar refractivity (Wildman–Crippen MR) is 138 cm³/mol. The van der Waals surface area contributed by atoms with E-state index in [0.717, 1.165) is 63.6 Å². The molecule has 3 aliphatic heterocycles. The Morgan fingerprint density at radius 2 is 1.94 bits per heavy atom. The molecule has 4 rings (SSSR count). The summed E-state index contributed by atoms with van der Waals surface area (Å²) >= 11 is 6.51. The fourth-order valence-corrected chi connectivity index (χ4v) is 6.86. The molecule has 4 atom stereocenters. The van der Waals surface area contributed by atoms with Gasteiger partial charge in [0, 0.05) is 56.4 Å². The summed E-state index contributed by atoms with van der Waals surface area (Å²) in [4.78, 5) is 18.7. The maximum atomic E-state index is 13.8. The van der Waals surface area contributed by atoms with E-state index < -0.39 is 12.1 Å². The number of likely N-dealkylation sites (N-methyl/N-ethyl adjacent to an activating group) is 1. The Morgan fingerprint density at radius 1 is 1.21 bits per heavy atom. The van der Waals surface area contributed by atoms with E-state index in [9.17, 15) is 4.79 Å². The molecule has 2 saturated heterocycles. The Kier molecular flexibility index (Phi) is 9.29. The highest BCUT2D eigenvalue weighted by molar-refractivity contribution is 6.29. The molecule has 0 bridgehead atoms. The van der Waals surface area contributed by atoms with Crippen LogP contribution in [-0.4, -0.2) is 92.9 Å². The number of piperidine rings is 1. The first kappa shape index (κ1) is 26.3. The molecule has 1 aliphatic carbocycles. The van der Waals surface area contributed by atoms with E-state index in [2.05, 4.69) is 38.9 Å². The number of halogens is 1. The van der Waals surface area contributed by atoms with Gasteiger partial charge in [-0.3, -0.25) is 9.69 Å². The van der Waals surface area contributed by atoms with Gasteiger partial charge in [0.1, 0.15) is 0 Å². The monoisotopic (exact) mass is 495 g/mol. The molecule has 1 amide bonds. The minimum Gasteiger partial charge on any atom is -0.350 e. The van der Waals surface area contributed by atoms with Crippen molar-refractivity contribution in [1.29, 1.82) is 0 Å². The van der Waals surface area contributed by atoms with Crippen LogP contribution in [0.15, 0.2) is 11.1 Å². The number of hydrogen-bond acceptors (Lipinski definition) is 7. The third-order valence-corrected chi connectivity index (χ3v) is 9.08. The molecular formula is C25H46ClN7O. The molecule has 1 spiro atoms. The first-order valence-electron chi connectivity index (χ1n) is 13.4. The zero-order chi connectivity index (χ0) is 24.1. The van der Waals surface area contributed by atoms with Crippen LogP contribution in [0.1, 0.15) is 51.4 Å². The lowest BCUT2D eigenvalue weighted by atomic mass is 9.66. The normalized spacial score (nSPS) is 34.1. The number of nitrogens with zero attached hydrogens (tertiary/aromatic N) is 2. The lowest BCUT2D eigenvalue weighted by molar-refractivity contribution is -0.128. The van der Waals surface area contributed by atoms with Crippen LogP contribution in [0.5, 0.6) is 0 Å². The molecule has 0 aromatic carbocycles. The molecule has 0 radical (unpaired) electrons. The Morgan fingerprint density at radius 3 is 2.65 bits per heavy atom. The Labute approximate surface area is 210 Å². The number of rotatable bonds is 5. The molecule has 34 heavy (non-hydrogen) atoms. The largest absolute Gasteiger partial charge is 0.350 e. The fourth-order valence-electron chi connectivity index (χ4n) is 6.70. The second-order valence-electron chi connectivity index (χ2n) is 11.2. The van der Waals surface area contributed by atoms with Gasteiger partial charge in [-0.05, 0) is 51.1 Å². The van der Waals surface area contributed by atoms with E-state index in [-0.39, 0.29) is 23.4 Å².